The Morgan fingerprint density at radius 1 is 1.50 bits per heavy atom. The highest BCUT2D eigenvalue weighted by Gasteiger charge is 2.13. The maximum atomic E-state index is 11.8. The second-order valence-corrected chi connectivity index (χ2v) is 6.08. The van der Waals surface area contributed by atoms with Crippen molar-refractivity contribution in [3.63, 3.8) is 0 Å². The number of hydrogen-bond acceptors (Lipinski definition) is 3. The van der Waals surface area contributed by atoms with Gasteiger partial charge in [-0.15, -0.1) is 0 Å². The Balaban J connectivity index is 1.74. The van der Waals surface area contributed by atoms with Crippen LogP contribution in [0.15, 0.2) is 27.6 Å². The van der Waals surface area contributed by atoms with Gasteiger partial charge in [0.25, 0.3) is 5.56 Å². The molecular formula is C14H20BrN3O2. The zero-order valence-electron chi connectivity index (χ0n) is 11.4. The second-order valence-electron chi connectivity index (χ2n) is 5.16. The van der Waals surface area contributed by atoms with Crippen molar-refractivity contribution in [2.75, 3.05) is 19.6 Å². The number of pyridine rings is 1. The molecule has 2 N–H and O–H groups in total. The van der Waals surface area contributed by atoms with E-state index in [2.05, 4.69) is 26.6 Å². The summed E-state index contributed by atoms with van der Waals surface area (Å²) < 4.78 is 2.19. The van der Waals surface area contributed by atoms with Gasteiger partial charge in [0.1, 0.15) is 6.54 Å². The average molecular weight is 342 g/mol. The smallest absolute Gasteiger partial charge is 0.251 e. The quantitative estimate of drug-likeness (QED) is 0.843. The molecule has 0 aromatic carbocycles. The Bertz CT molecular complexity index is 509. The number of nitrogens with zero attached hydrogens (tertiary/aromatic N) is 1. The molecule has 1 amide bonds. The standard InChI is InChI=1S/C14H20BrN3O2/c15-12-3-4-14(20)18(9-12)10-13(19)17-7-5-11-2-1-6-16-8-11/h3-4,9,11,16H,1-2,5-8,10H2,(H,17,19). The Morgan fingerprint density at radius 3 is 3.10 bits per heavy atom. The SMILES string of the molecule is O=C(Cn1cc(Br)ccc1=O)NCCC1CCCNC1. The molecule has 20 heavy (non-hydrogen) atoms. The van der Waals surface area contributed by atoms with Crippen LogP contribution < -0.4 is 16.2 Å². The summed E-state index contributed by atoms with van der Waals surface area (Å²) in [4.78, 5) is 23.4. The van der Waals surface area contributed by atoms with Gasteiger partial charge in [-0.25, -0.2) is 0 Å². The number of carbonyl (C=O) groups is 1. The molecule has 2 rings (SSSR count). The van der Waals surface area contributed by atoms with Crippen LogP contribution in [0.5, 0.6) is 0 Å². The van der Waals surface area contributed by atoms with Gasteiger partial charge < -0.3 is 15.2 Å². The first kappa shape index (κ1) is 15.3. The van der Waals surface area contributed by atoms with Crippen molar-refractivity contribution in [1.29, 1.82) is 0 Å². The van der Waals surface area contributed by atoms with Crippen LogP contribution in [0.4, 0.5) is 0 Å². The van der Waals surface area contributed by atoms with Crippen LogP contribution in [-0.2, 0) is 11.3 Å². The highest BCUT2D eigenvalue weighted by atomic mass is 79.9. The molecule has 0 saturated carbocycles. The minimum Gasteiger partial charge on any atom is -0.355 e. The summed E-state index contributed by atoms with van der Waals surface area (Å²) in [5, 5.41) is 6.25. The van der Waals surface area contributed by atoms with Gasteiger partial charge in [0.15, 0.2) is 0 Å². The lowest BCUT2D eigenvalue weighted by Crippen LogP contribution is -2.35. The number of hydrogen-bond donors (Lipinski definition) is 2. The number of nitrogens with one attached hydrogen (secondary N) is 2. The highest BCUT2D eigenvalue weighted by molar-refractivity contribution is 9.10. The lowest BCUT2D eigenvalue weighted by molar-refractivity contribution is -0.121. The molecule has 1 aromatic heterocycles. The maximum absolute atomic E-state index is 11.8. The second kappa shape index (κ2) is 7.59. The molecule has 0 bridgehead atoms. The fourth-order valence-corrected chi connectivity index (χ4v) is 2.80. The van der Waals surface area contributed by atoms with Crippen molar-refractivity contribution >= 4 is 21.8 Å². The van der Waals surface area contributed by atoms with Crippen molar-refractivity contribution in [1.82, 2.24) is 15.2 Å². The van der Waals surface area contributed by atoms with Crippen LogP contribution in [0.2, 0.25) is 0 Å². The molecule has 2 heterocycles. The molecule has 1 aliphatic heterocycles. The van der Waals surface area contributed by atoms with E-state index < -0.39 is 0 Å². The van der Waals surface area contributed by atoms with E-state index in [1.165, 1.54) is 23.5 Å². The van der Waals surface area contributed by atoms with Gasteiger partial charge >= 0.3 is 0 Å². The molecule has 110 valence electrons. The topological polar surface area (TPSA) is 63.1 Å². The van der Waals surface area contributed by atoms with E-state index in [4.69, 9.17) is 0 Å². The number of amides is 1. The van der Waals surface area contributed by atoms with Gasteiger partial charge in [0.05, 0.1) is 0 Å². The van der Waals surface area contributed by atoms with E-state index in [-0.39, 0.29) is 18.0 Å². The third kappa shape index (κ3) is 4.76. The van der Waals surface area contributed by atoms with Crippen LogP contribution in [-0.4, -0.2) is 30.1 Å². The predicted molar refractivity (Wildman–Crippen MR) is 81.6 cm³/mol. The van der Waals surface area contributed by atoms with Gasteiger partial charge in [-0.05, 0) is 60.3 Å². The van der Waals surface area contributed by atoms with Crippen molar-refractivity contribution < 1.29 is 4.79 Å². The summed E-state index contributed by atoms with van der Waals surface area (Å²) in [5.74, 6) is 0.534. The molecule has 1 aromatic rings. The molecule has 0 aliphatic carbocycles. The van der Waals surface area contributed by atoms with Crippen molar-refractivity contribution in [3.05, 3.63) is 33.2 Å². The molecule has 1 saturated heterocycles. The molecule has 1 aliphatic rings. The van der Waals surface area contributed by atoms with Crippen LogP contribution in [0.1, 0.15) is 19.3 Å². The molecule has 1 fully saturated rings. The predicted octanol–water partition coefficient (Wildman–Crippen LogP) is 1.12. The number of aromatic nitrogens is 1. The van der Waals surface area contributed by atoms with Crippen LogP contribution in [0.3, 0.4) is 0 Å². The Labute approximate surface area is 126 Å². The third-order valence-corrected chi connectivity index (χ3v) is 4.00. The summed E-state index contributed by atoms with van der Waals surface area (Å²) in [6, 6.07) is 3.12. The van der Waals surface area contributed by atoms with Crippen molar-refractivity contribution in [2.24, 2.45) is 5.92 Å². The molecular weight excluding hydrogens is 322 g/mol. The van der Waals surface area contributed by atoms with E-state index in [1.807, 2.05) is 0 Å². The van der Waals surface area contributed by atoms with Gasteiger partial charge in [-0.3, -0.25) is 9.59 Å². The van der Waals surface area contributed by atoms with E-state index in [9.17, 15) is 9.59 Å². The normalized spacial score (nSPS) is 18.8. The minimum atomic E-state index is -0.167. The monoisotopic (exact) mass is 341 g/mol. The molecule has 6 heteroatoms. The number of halogens is 1. The molecule has 0 spiro atoms. The highest BCUT2D eigenvalue weighted by Crippen LogP contribution is 2.12. The van der Waals surface area contributed by atoms with Gasteiger partial charge in [-0.1, -0.05) is 0 Å². The van der Waals surface area contributed by atoms with E-state index in [0.29, 0.717) is 12.5 Å². The first-order chi connectivity index (χ1) is 9.65. The van der Waals surface area contributed by atoms with Crippen LogP contribution in [0.25, 0.3) is 0 Å². The third-order valence-electron chi connectivity index (χ3n) is 3.54. The largest absolute Gasteiger partial charge is 0.355 e. The zero-order chi connectivity index (χ0) is 14.4. The molecule has 5 nitrogen and oxygen atoms in total. The molecule has 1 unspecified atom stereocenters. The van der Waals surface area contributed by atoms with Gasteiger partial charge in [0.2, 0.25) is 5.91 Å². The van der Waals surface area contributed by atoms with Gasteiger partial charge in [-0.2, -0.15) is 0 Å². The summed E-state index contributed by atoms with van der Waals surface area (Å²) in [6.45, 7) is 2.89. The average Bonchev–Trinajstić information content (AvgIpc) is 2.44. The summed E-state index contributed by atoms with van der Waals surface area (Å²) >= 11 is 3.29. The van der Waals surface area contributed by atoms with Gasteiger partial charge in [0, 0.05) is 23.3 Å². The number of rotatable bonds is 5. The molecule has 0 radical (unpaired) electrons. The van der Waals surface area contributed by atoms with E-state index in [1.54, 1.807) is 12.3 Å². The number of piperidine rings is 1. The lowest BCUT2D eigenvalue weighted by Gasteiger charge is -2.22. The Morgan fingerprint density at radius 2 is 2.35 bits per heavy atom. The van der Waals surface area contributed by atoms with Crippen molar-refractivity contribution in [2.45, 2.75) is 25.8 Å². The van der Waals surface area contributed by atoms with E-state index >= 15 is 0 Å². The fraction of sp³-hybridized carbons (Fsp3) is 0.571. The summed E-state index contributed by atoms with van der Waals surface area (Å²) in [5.41, 5.74) is -0.167. The molecule has 1 atom stereocenters. The fourth-order valence-electron chi connectivity index (χ4n) is 2.42. The first-order valence-electron chi connectivity index (χ1n) is 6.98. The Kier molecular flexibility index (Phi) is 5.79. The summed E-state index contributed by atoms with van der Waals surface area (Å²) in [6.07, 6.45) is 5.07. The van der Waals surface area contributed by atoms with Crippen LogP contribution in [0, 0.1) is 5.92 Å². The minimum absolute atomic E-state index is 0.0706. The zero-order valence-corrected chi connectivity index (χ0v) is 13.0. The Hall–Kier alpha value is -1.14. The van der Waals surface area contributed by atoms with Crippen LogP contribution >= 0.6 is 15.9 Å². The lowest BCUT2D eigenvalue weighted by atomic mass is 9.96. The maximum Gasteiger partial charge on any atom is 0.251 e. The summed E-state index contributed by atoms with van der Waals surface area (Å²) in [7, 11) is 0. The van der Waals surface area contributed by atoms with E-state index in [0.717, 1.165) is 24.0 Å². The first-order valence-corrected chi connectivity index (χ1v) is 7.78. The number of carbonyl (C=O) groups excluding carboxylic acids is 1. The van der Waals surface area contributed by atoms with Crippen molar-refractivity contribution in [3.8, 4) is 0 Å².